The van der Waals surface area contributed by atoms with Crippen LogP contribution in [0.15, 0.2) is 127 Å². The number of aromatic nitrogens is 4. The highest BCUT2D eigenvalue weighted by Crippen LogP contribution is 2.53. The Labute approximate surface area is 476 Å². The second-order valence-corrected chi connectivity index (χ2v) is 28.7. The van der Waals surface area contributed by atoms with Crippen molar-refractivity contribution in [1.82, 2.24) is 19.9 Å². The molecule has 3 aliphatic heterocycles. The summed E-state index contributed by atoms with van der Waals surface area (Å²) in [6, 6.07) is 47.2. The fourth-order valence-corrected chi connectivity index (χ4v) is 11.2. The van der Waals surface area contributed by atoms with Crippen molar-refractivity contribution in [1.29, 1.82) is 0 Å². The zero-order chi connectivity index (χ0) is 57.2. The Hall–Kier alpha value is -7.70. The van der Waals surface area contributed by atoms with E-state index in [1.807, 2.05) is 12.1 Å². The van der Waals surface area contributed by atoms with Crippen LogP contribution in [0.3, 0.4) is 0 Å². The van der Waals surface area contributed by atoms with E-state index < -0.39 is 0 Å². The summed E-state index contributed by atoms with van der Waals surface area (Å²) < 4.78 is 6.68. The maximum Gasteiger partial charge on any atom is 0.151 e. The Balaban J connectivity index is 1.37. The molecule has 2 N–H and O–H groups in total. The van der Waals surface area contributed by atoms with Crippen LogP contribution < -0.4 is 9.64 Å². The Bertz CT molecular complexity index is 3820. The lowest BCUT2D eigenvalue weighted by molar-refractivity contribution is 0.477. The highest BCUT2D eigenvalue weighted by Gasteiger charge is 2.31. The summed E-state index contributed by atoms with van der Waals surface area (Å²) in [6.07, 6.45) is 8.89. The SMILES string of the molecule is CC(C)(C)c1cc(-c2c3nc(c(-c4cc(C(C)(C)C)cc(C(C)(C)C)c4)c4ccc([nH]4)c(N4c5ccccc5Oc5ccccc54)c4nc(c(-c5cc(C(C)(C)C)cc(C(C)(C)C)c5)c5ccc2[nH]5)C=C4)C=C3)cc(C(C)(C)C)c1. The highest BCUT2D eigenvalue weighted by molar-refractivity contribution is 6.02. The van der Waals surface area contributed by atoms with Crippen LogP contribution in [0.25, 0.3) is 79.8 Å². The van der Waals surface area contributed by atoms with Gasteiger partial charge >= 0.3 is 0 Å². The minimum atomic E-state index is -0.118. The first-order chi connectivity index (χ1) is 37.4. The molecular weight excluding hydrogens is 975 g/mol. The zero-order valence-electron chi connectivity index (χ0n) is 50.7. The van der Waals surface area contributed by atoms with Gasteiger partial charge < -0.3 is 14.7 Å². The number of H-pyrrole nitrogens is 2. The fraction of sp³-hybridized carbons (Fsp3) is 0.324. The molecule has 0 unspecified atom stereocenters. The minimum Gasteiger partial charge on any atom is -0.453 e. The van der Waals surface area contributed by atoms with Gasteiger partial charge in [0.2, 0.25) is 0 Å². The van der Waals surface area contributed by atoms with Crippen molar-refractivity contribution in [3.05, 3.63) is 184 Å². The Kier molecular flexibility index (Phi) is 12.9. The van der Waals surface area contributed by atoms with E-state index in [0.29, 0.717) is 0 Å². The summed E-state index contributed by atoms with van der Waals surface area (Å²) in [5.41, 5.74) is 23.5. The molecule has 6 nitrogen and oxygen atoms in total. The third-order valence-electron chi connectivity index (χ3n) is 16.2. The van der Waals surface area contributed by atoms with Gasteiger partial charge in [-0.15, -0.1) is 0 Å². The first-order valence-electron chi connectivity index (χ1n) is 28.7. The first-order valence-corrected chi connectivity index (χ1v) is 28.7. The molecule has 5 aromatic carbocycles. The molecular formula is C74H81N5O. The molecule has 0 atom stereocenters. The van der Waals surface area contributed by atoms with Crippen molar-refractivity contribution in [2.75, 3.05) is 4.90 Å². The Morgan fingerprint density at radius 2 is 0.600 bits per heavy atom. The van der Waals surface area contributed by atoms with Gasteiger partial charge in [-0.1, -0.05) is 203 Å². The largest absolute Gasteiger partial charge is 0.453 e. The number of anilines is 3. The lowest BCUT2D eigenvalue weighted by atomic mass is 9.78. The van der Waals surface area contributed by atoms with Gasteiger partial charge in [0, 0.05) is 33.2 Å². The van der Waals surface area contributed by atoms with Gasteiger partial charge in [0.15, 0.2) is 11.5 Å². The zero-order valence-corrected chi connectivity index (χ0v) is 50.7. The average Bonchev–Trinajstić information content (AvgIpc) is 4.23. The van der Waals surface area contributed by atoms with Crippen LogP contribution in [-0.2, 0) is 32.5 Å². The van der Waals surface area contributed by atoms with Crippen LogP contribution in [0, 0.1) is 0 Å². The predicted octanol–water partition coefficient (Wildman–Crippen LogP) is 21.0. The van der Waals surface area contributed by atoms with Gasteiger partial charge in [-0.25, -0.2) is 9.97 Å². The molecule has 3 aromatic heterocycles. The minimum absolute atomic E-state index is 0.109. The standard InChI is InChI=1S/C74H81N5O/c1-69(2,3)47-35-44(36-48(41-47)70(4,5)6)65-53-27-29-55(75-53)66(45-37-49(71(7,8)9)42-50(38-45)72(10,11)12)57-31-33-59(77-57)68(79-61-23-19-21-25-63(61)80-64-26-22-20-24-62(64)79)60-34-32-58(78-60)67(56-30-28-54(65)76-56)46-39-51(73(13,14)15)43-52(40-46)74(16,17)18/h19-43,75,78H,1-18H3. The van der Waals surface area contributed by atoms with E-state index in [9.17, 15) is 0 Å². The molecule has 80 heavy (non-hydrogen) atoms. The third kappa shape index (κ3) is 10.2. The summed E-state index contributed by atoms with van der Waals surface area (Å²) in [5, 5.41) is 0. The van der Waals surface area contributed by atoms with E-state index in [1.165, 1.54) is 33.4 Å². The van der Waals surface area contributed by atoms with Crippen LogP contribution in [-0.4, -0.2) is 19.9 Å². The molecule has 0 radical (unpaired) electrons. The number of hydrogen-bond donors (Lipinski definition) is 2. The predicted molar refractivity (Wildman–Crippen MR) is 342 cm³/mol. The van der Waals surface area contributed by atoms with Gasteiger partial charge in [-0.3, -0.25) is 4.90 Å². The van der Waals surface area contributed by atoms with Crippen molar-refractivity contribution in [2.24, 2.45) is 0 Å². The third-order valence-corrected chi connectivity index (χ3v) is 16.2. The Morgan fingerprint density at radius 1 is 0.325 bits per heavy atom. The number of hydrogen-bond acceptors (Lipinski definition) is 4. The van der Waals surface area contributed by atoms with Crippen molar-refractivity contribution in [3.63, 3.8) is 0 Å². The number of rotatable bonds is 4. The molecule has 6 heterocycles. The Morgan fingerprint density at radius 3 is 0.925 bits per heavy atom. The van der Waals surface area contributed by atoms with E-state index in [4.69, 9.17) is 14.7 Å². The van der Waals surface area contributed by atoms with Crippen molar-refractivity contribution in [2.45, 2.75) is 157 Å². The molecule has 0 spiro atoms. The van der Waals surface area contributed by atoms with Crippen molar-refractivity contribution < 1.29 is 4.74 Å². The maximum atomic E-state index is 6.68. The van der Waals surface area contributed by atoms with Crippen LogP contribution >= 0.6 is 0 Å². The number of benzene rings is 5. The number of ether oxygens (including phenoxy) is 1. The normalized spacial score (nSPS) is 13.8. The number of aromatic amines is 2. The molecule has 408 valence electrons. The topological polar surface area (TPSA) is 69.8 Å². The van der Waals surface area contributed by atoms with E-state index in [2.05, 4.69) is 279 Å². The van der Waals surface area contributed by atoms with E-state index >= 15 is 0 Å². The smallest absolute Gasteiger partial charge is 0.151 e. The summed E-state index contributed by atoms with van der Waals surface area (Å²) >= 11 is 0. The summed E-state index contributed by atoms with van der Waals surface area (Å²) in [7, 11) is 0. The van der Waals surface area contributed by atoms with Gasteiger partial charge in [-0.2, -0.15) is 0 Å². The summed E-state index contributed by atoms with van der Waals surface area (Å²) in [5.74, 6) is 1.54. The number of para-hydroxylation sites is 4. The summed E-state index contributed by atoms with van der Waals surface area (Å²) in [6.45, 7) is 41.6. The van der Waals surface area contributed by atoms with Crippen LogP contribution in [0.2, 0.25) is 0 Å². The lowest BCUT2D eigenvalue weighted by Crippen LogP contribution is -2.17. The average molecular weight is 1060 g/mol. The van der Waals surface area contributed by atoms with Crippen molar-refractivity contribution >= 4 is 63.4 Å². The molecule has 8 bridgehead atoms. The van der Waals surface area contributed by atoms with E-state index in [-0.39, 0.29) is 32.5 Å². The van der Waals surface area contributed by atoms with E-state index in [1.54, 1.807) is 0 Å². The molecule has 0 saturated carbocycles. The molecule has 11 rings (SSSR count). The molecule has 0 amide bonds. The van der Waals surface area contributed by atoms with Crippen LogP contribution in [0.4, 0.5) is 17.1 Å². The van der Waals surface area contributed by atoms with Gasteiger partial charge in [0.1, 0.15) is 0 Å². The van der Waals surface area contributed by atoms with Crippen LogP contribution in [0.1, 0.15) is 181 Å². The number of nitrogens with one attached hydrogen (secondary N) is 2. The second kappa shape index (κ2) is 19.0. The molecule has 0 fully saturated rings. The molecule has 0 aliphatic carbocycles. The molecule has 3 aliphatic rings. The van der Waals surface area contributed by atoms with Gasteiger partial charge in [-0.05, 0) is 155 Å². The summed E-state index contributed by atoms with van der Waals surface area (Å²) in [4.78, 5) is 22.2. The molecule has 0 saturated heterocycles. The lowest BCUT2D eigenvalue weighted by Gasteiger charge is -2.33. The fourth-order valence-electron chi connectivity index (χ4n) is 11.2. The van der Waals surface area contributed by atoms with Crippen LogP contribution in [0.5, 0.6) is 11.5 Å². The quantitative estimate of drug-likeness (QED) is 0.184. The van der Waals surface area contributed by atoms with E-state index in [0.717, 1.165) is 107 Å². The van der Waals surface area contributed by atoms with Crippen molar-refractivity contribution in [3.8, 4) is 44.9 Å². The highest BCUT2D eigenvalue weighted by atomic mass is 16.5. The molecule has 6 heteroatoms. The number of fused-ring (bicyclic) bond motifs is 10. The second-order valence-electron chi connectivity index (χ2n) is 28.7. The van der Waals surface area contributed by atoms with Gasteiger partial charge in [0.25, 0.3) is 0 Å². The molecule has 8 aromatic rings. The van der Waals surface area contributed by atoms with Gasteiger partial charge in [0.05, 0.1) is 45.4 Å². The maximum absolute atomic E-state index is 6.68. The monoisotopic (exact) mass is 1060 g/mol. The number of nitrogens with zero attached hydrogens (tertiary/aromatic N) is 3. The first kappa shape index (κ1) is 54.3.